The number of carboxylic acid groups (broad SMARTS) is 1. The van der Waals surface area contributed by atoms with Crippen LogP contribution in [0.15, 0.2) is 18.2 Å². The van der Waals surface area contributed by atoms with Gasteiger partial charge in [-0.3, -0.25) is 4.79 Å². The van der Waals surface area contributed by atoms with Crippen LogP contribution in [0.1, 0.15) is 42.6 Å². The Morgan fingerprint density at radius 3 is 2.73 bits per heavy atom. The van der Waals surface area contributed by atoms with Gasteiger partial charge in [-0.25, -0.2) is 4.79 Å². The number of benzene rings is 1. The highest BCUT2D eigenvalue weighted by atomic mass is 16.5. The van der Waals surface area contributed by atoms with Gasteiger partial charge in [-0.15, -0.1) is 0 Å². The summed E-state index contributed by atoms with van der Waals surface area (Å²) >= 11 is 0. The largest absolute Gasteiger partial charge is 0.478 e. The molecular formula is C17H23NO4. The normalized spacial score (nSPS) is 16.5. The van der Waals surface area contributed by atoms with E-state index in [0.717, 1.165) is 24.1 Å². The molecule has 0 fully saturated rings. The van der Waals surface area contributed by atoms with Crippen LogP contribution in [0.25, 0.3) is 0 Å². The van der Waals surface area contributed by atoms with Crippen molar-refractivity contribution in [2.24, 2.45) is 5.41 Å². The Hall–Kier alpha value is -1.88. The Labute approximate surface area is 130 Å². The lowest BCUT2D eigenvalue weighted by atomic mass is 9.80. The van der Waals surface area contributed by atoms with Gasteiger partial charge >= 0.3 is 5.97 Å². The van der Waals surface area contributed by atoms with E-state index in [1.54, 1.807) is 24.1 Å². The van der Waals surface area contributed by atoms with Gasteiger partial charge in [-0.1, -0.05) is 19.9 Å². The molecule has 5 heteroatoms. The summed E-state index contributed by atoms with van der Waals surface area (Å²) in [4.78, 5) is 25.6. The number of carboxylic acids is 1. The maximum Gasteiger partial charge on any atom is 0.335 e. The van der Waals surface area contributed by atoms with Gasteiger partial charge in [0, 0.05) is 31.4 Å². The van der Waals surface area contributed by atoms with E-state index in [1.165, 1.54) is 0 Å². The average molecular weight is 305 g/mol. The predicted molar refractivity (Wildman–Crippen MR) is 84.3 cm³/mol. The third-order valence-corrected chi connectivity index (χ3v) is 4.06. The molecule has 1 amide bonds. The number of aromatic carboxylic acids is 1. The van der Waals surface area contributed by atoms with Crippen LogP contribution in [0.5, 0.6) is 0 Å². The van der Waals surface area contributed by atoms with Crippen molar-refractivity contribution in [2.45, 2.75) is 33.1 Å². The van der Waals surface area contributed by atoms with Gasteiger partial charge in [-0.2, -0.15) is 0 Å². The second-order valence-electron chi connectivity index (χ2n) is 6.37. The second kappa shape index (κ2) is 6.48. The summed E-state index contributed by atoms with van der Waals surface area (Å²) in [6.07, 6.45) is 2.33. The first-order valence-electron chi connectivity index (χ1n) is 7.54. The minimum Gasteiger partial charge on any atom is -0.478 e. The minimum atomic E-state index is -0.973. The zero-order chi connectivity index (χ0) is 16.3. The number of hydrogen-bond donors (Lipinski definition) is 1. The number of amides is 1. The van der Waals surface area contributed by atoms with Gasteiger partial charge in [0.15, 0.2) is 0 Å². The summed E-state index contributed by atoms with van der Waals surface area (Å²) in [6, 6.07) is 5.05. The van der Waals surface area contributed by atoms with Crippen molar-refractivity contribution < 1.29 is 19.4 Å². The maximum atomic E-state index is 12.7. The van der Waals surface area contributed by atoms with Crippen molar-refractivity contribution >= 4 is 17.6 Å². The number of fused-ring (bicyclic) bond motifs is 1. The number of nitrogens with zero attached hydrogens (tertiary/aromatic N) is 1. The summed E-state index contributed by atoms with van der Waals surface area (Å²) in [7, 11) is 1.66. The SMILES string of the molecule is COCCCCN1C(=O)C(C)(C)Cc2ccc(C(=O)O)cc21. The van der Waals surface area contributed by atoms with Crippen LogP contribution in [-0.4, -0.2) is 37.2 Å². The third kappa shape index (κ3) is 3.30. The van der Waals surface area contributed by atoms with E-state index in [0.29, 0.717) is 19.6 Å². The molecule has 0 bridgehead atoms. The Morgan fingerprint density at radius 1 is 1.36 bits per heavy atom. The molecule has 5 nitrogen and oxygen atoms in total. The number of ether oxygens (including phenoxy) is 1. The van der Waals surface area contributed by atoms with E-state index in [2.05, 4.69) is 0 Å². The third-order valence-electron chi connectivity index (χ3n) is 4.06. The predicted octanol–water partition coefficient (Wildman–Crippen LogP) is 2.73. The van der Waals surface area contributed by atoms with Crippen LogP contribution in [0.2, 0.25) is 0 Å². The molecule has 2 rings (SSSR count). The molecule has 0 unspecified atom stereocenters. The molecule has 1 aliphatic heterocycles. The first kappa shape index (κ1) is 16.5. The van der Waals surface area contributed by atoms with Gasteiger partial charge in [0.05, 0.1) is 5.56 Å². The fourth-order valence-corrected chi connectivity index (χ4v) is 2.86. The van der Waals surface area contributed by atoms with Crippen LogP contribution in [0.4, 0.5) is 5.69 Å². The summed E-state index contributed by atoms with van der Waals surface area (Å²) in [5.41, 5.74) is 1.52. The highest BCUT2D eigenvalue weighted by Gasteiger charge is 2.38. The Balaban J connectivity index is 2.31. The monoisotopic (exact) mass is 305 g/mol. The topological polar surface area (TPSA) is 66.8 Å². The van der Waals surface area contributed by atoms with Crippen LogP contribution in [-0.2, 0) is 16.0 Å². The van der Waals surface area contributed by atoms with E-state index < -0.39 is 11.4 Å². The molecule has 1 aromatic carbocycles. The minimum absolute atomic E-state index is 0.0555. The van der Waals surface area contributed by atoms with Crippen LogP contribution in [0.3, 0.4) is 0 Å². The van der Waals surface area contributed by atoms with Gasteiger partial charge in [-0.05, 0) is 37.0 Å². The summed E-state index contributed by atoms with van der Waals surface area (Å²) in [6.45, 7) is 5.12. The Bertz CT molecular complexity index is 580. The number of hydrogen-bond acceptors (Lipinski definition) is 3. The zero-order valence-corrected chi connectivity index (χ0v) is 13.4. The molecule has 120 valence electrons. The first-order chi connectivity index (χ1) is 10.4. The van der Waals surface area contributed by atoms with Crippen LogP contribution >= 0.6 is 0 Å². The molecule has 0 aromatic heterocycles. The highest BCUT2D eigenvalue weighted by molar-refractivity contribution is 6.01. The number of anilines is 1. The van der Waals surface area contributed by atoms with Crippen molar-refractivity contribution in [2.75, 3.05) is 25.2 Å². The van der Waals surface area contributed by atoms with E-state index in [1.807, 2.05) is 19.9 Å². The summed E-state index contributed by atoms with van der Waals surface area (Å²) in [5.74, 6) is -0.917. The standard InChI is InChI=1S/C17H23NO4/c1-17(2)11-13-7-6-12(15(19)20)10-14(13)18(16(17)21)8-4-5-9-22-3/h6-7,10H,4-5,8-9,11H2,1-3H3,(H,19,20). The summed E-state index contributed by atoms with van der Waals surface area (Å²) < 4.78 is 5.04. The number of methoxy groups -OCH3 is 1. The number of carbonyl (C=O) groups excluding carboxylic acids is 1. The molecule has 1 N–H and O–H groups in total. The Kier molecular flexibility index (Phi) is 4.86. The molecule has 0 saturated heterocycles. The first-order valence-corrected chi connectivity index (χ1v) is 7.54. The van der Waals surface area contributed by atoms with E-state index in [-0.39, 0.29) is 11.5 Å². The number of carbonyl (C=O) groups is 2. The molecule has 22 heavy (non-hydrogen) atoms. The van der Waals surface area contributed by atoms with Crippen molar-refractivity contribution in [3.05, 3.63) is 29.3 Å². The van der Waals surface area contributed by atoms with Crippen molar-refractivity contribution in [1.29, 1.82) is 0 Å². The maximum absolute atomic E-state index is 12.7. The molecule has 0 spiro atoms. The Morgan fingerprint density at radius 2 is 2.09 bits per heavy atom. The lowest BCUT2D eigenvalue weighted by Crippen LogP contribution is -2.46. The highest BCUT2D eigenvalue weighted by Crippen LogP contribution is 2.38. The fourth-order valence-electron chi connectivity index (χ4n) is 2.86. The van der Waals surface area contributed by atoms with E-state index >= 15 is 0 Å². The van der Waals surface area contributed by atoms with Crippen molar-refractivity contribution in [1.82, 2.24) is 0 Å². The molecule has 1 aliphatic rings. The second-order valence-corrected chi connectivity index (χ2v) is 6.37. The molecule has 0 atom stereocenters. The molecule has 0 radical (unpaired) electrons. The quantitative estimate of drug-likeness (QED) is 0.821. The lowest BCUT2D eigenvalue weighted by molar-refractivity contribution is -0.127. The molecular weight excluding hydrogens is 282 g/mol. The smallest absolute Gasteiger partial charge is 0.335 e. The summed E-state index contributed by atoms with van der Waals surface area (Å²) in [5, 5.41) is 9.17. The van der Waals surface area contributed by atoms with E-state index in [4.69, 9.17) is 9.84 Å². The van der Waals surface area contributed by atoms with Gasteiger partial charge in [0.2, 0.25) is 5.91 Å². The van der Waals surface area contributed by atoms with Crippen molar-refractivity contribution in [3.63, 3.8) is 0 Å². The van der Waals surface area contributed by atoms with Gasteiger partial charge < -0.3 is 14.7 Å². The molecule has 1 aromatic rings. The molecule has 0 aliphatic carbocycles. The zero-order valence-electron chi connectivity index (χ0n) is 13.4. The van der Waals surface area contributed by atoms with E-state index in [9.17, 15) is 9.59 Å². The molecule has 1 heterocycles. The van der Waals surface area contributed by atoms with Crippen LogP contribution < -0.4 is 4.90 Å². The number of unbranched alkanes of at least 4 members (excludes halogenated alkanes) is 1. The van der Waals surface area contributed by atoms with Gasteiger partial charge in [0.25, 0.3) is 0 Å². The molecule has 0 saturated carbocycles. The van der Waals surface area contributed by atoms with Crippen LogP contribution in [0, 0.1) is 5.41 Å². The van der Waals surface area contributed by atoms with Gasteiger partial charge in [0.1, 0.15) is 0 Å². The fraction of sp³-hybridized carbons (Fsp3) is 0.529. The lowest BCUT2D eigenvalue weighted by Gasteiger charge is -2.39. The van der Waals surface area contributed by atoms with Crippen molar-refractivity contribution in [3.8, 4) is 0 Å². The average Bonchev–Trinajstić information content (AvgIpc) is 2.46. The number of rotatable bonds is 6.